The van der Waals surface area contributed by atoms with Crippen molar-refractivity contribution in [1.82, 2.24) is 10.3 Å². The van der Waals surface area contributed by atoms with Gasteiger partial charge in [-0.25, -0.2) is 4.98 Å². The van der Waals surface area contributed by atoms with Gasteiger partial charge in [0, 0.05) is 19.7 Å². The number of hydrogen-bond donors (Lipinski definition) is 3. The highest BCUT2D eigenvalue weighted by Gasteiger charge is 2.19. The number of nitrogens with one attached hydrogen (secondary N) is 2. The predicted octanol–water partition coefficient (Wildman–Crippen LogP) is 1.23. The van der Waals surface area contributed by atoms with Crippen LogP contribution in [0.2, 0.25) is 0 Å². The van der Waals surface area contributed by atoms with E-state index < -0.39 is 0 Å². The van der Waals surface area contributed by atoms with E-state index >= 15 is 0 Å². The van der Waals surface area contributed by atoms with Crippen LogP contribution in [0, 0.1) is 0 Å². The molecule has 4 N–H and O–H groups in total. The highest BCUT2D eigenvalue weighted by molar-refractivity contribution is 7.18. The summed E-state index contributed by atoms with van der Waals surface area (Å²) in [5.41, 5.74) is 5.77. The average molecular weight is 282 g/mol. The molecule has 0 radical (unpaired) electrons. The second kappa shape index (κ2) is 6.53. The van der Waals surface area contributed by atoms with Crippen molar-refractivity contribution in [1.29, 1.82) is 0 Å². The first-order valence-corrected chi connectivity index (χ1v) is 6.97. The molecule has 0 aromatic carbocycles. The van der Waals surface area contributed by atoms with Gasteiger partial charge in [-0.2, -0.15) is 0 Å². The minimum absolute atomic E-state index is 0.150. The second-order valence-corrected chi connectivity index (χ2v) is 5.27. The monoisotopic (exact) mass is 282 g/mol. The number of methoxy groups -OCH3 is 1. The van der Waals surface area contributed by atoms with Crippen molar-refractivity contribution in [2.24, 2.45) is 0 Å². The number of rotatable bonds is 6. The summed E-state index contributed by atoms with van der Waals surface area (Å²) in [6.45, 7) is 1.21. The number of carbonyl (C=O) groups excluding carboxylic acids is 1. The lowest BCUT2D eigenvalue weighted by Gasteiger charge is -2.10. The van der Waals surface area contributed by atoms with Crippen molar-refractivity contribution in [3.8, 4) is 0 Å². The van der Waals surface area contributed by atoms with Crippen molar-refractivity contribution >= 4 is 28.2 Å². The Labute approximate surface area is 116 Å². The van der Waals surface area contributed by atoms with Gasteiger partial charge in [-0.15, -0.1) is 0 Å². The Balaban J connectivity index is 1.93. The normalized spacial score (nSPS) is 14.8. The van der Waals surface area contributed by atoms with E-state index in [1.807, 2.05) is 0 Å². The quantitative estimate of drug-likeness (QED) is 0.539. The molecule has 0 unspecified atom stereocenters. The lowest BCUT2D eigenvalue weighted by Crippen LogP contribution is -2.32. The summed E-state index contributed by atoms with van der Waals surface area (Å²) in [5, 5.41) is 6.66. The Hall–Kier alpha value is -1.60. The highest BCUT2D eigenvalue weighted by atomic mass is 32.1. The summed E-state index contributed by atoms with van der Waals surface area (Å²) in [6.07, 6.45) is 5.89. The van der Waals surface area contributed by atoms with Gasteiger partial charge in [0.05, 0.1) is 6.61 Å². The van der Waals surface area contributed by atoms with Crippen molar-refractivity contribution in [3.05, 3.63) is 17.0 Å². The van der Waals surface area contributed by atoms with E-state index in [1.165, 1.54) is 11.3 Å². The molecule has 0 fully saturated rings. The molecule has 0 saturated carbocycles. The molecule has 0 atom stereocenters. The summed E-state index contributed by atoms with van der Waals surface area (Å²) in [6, 6.07) is 0.180. The number of nitrogen functional groups attached to an aromatic ring is 1. The number of thiazole rings is 1. The second-order valence-electron chi connectivity index (χ2n) is 4.27. The van der Waals surface area contributed by atoms with Gasteiger partial charge >= 0.3 is 0 Å². The first kappa shape index (κ1) is 13.8. The third-order valence-corrected chi connectivity index (χ3v) is 3.81. The van der Waals surface area contributed by atoms with E-state index in [0.717, 1.165) is 12.8 Å². The Morgan fingerprint density at radius 1 is 1.58 bits per heavy atom. The Bertz CT molecular complexity index is 464. The van der Waals surface area contributed by atoms with Crippen LogP contribution in [0.25, 0.3) is 0 Å². The molecule has 2 rings (SSSR count). The number of hydrogen-bond acceptors (Lipinski definition) is 6. The predicted molar refractivity (Wildman–Crippen MR) is 76.5 cm³/mol. The summed E-state index contributed by atoms with van der Waals surface area (Å²) in [7, 11) is 1.63. The molecule has 0 spiro atoms. The Morgan fingerprint density at radius 3 is 3.00 bits per heavy atom. The van der Waals surface area contributed by atoms with Crippen molar-refractivity contribution in [2.45, 2.75) is 18.9 Å². The Kier molecular flexibility index (Phi) is 4.75. The fraction of sp³-hybridized carbons (Fsp3) is 0.500. The van der Waals surface area contributed by atoms with Gasteiger partial charge in [0.15, 0.2) is 5.13 Å². The summed E-state index contributed by atoms with van der Waals surface area (Å²) in [4.78, 5) is 16.7. The fourth-order valence-electron chi connectivity index (χ4n) is 1.82. The van der Waals surface area contributed by atoms with Crippen LogP contribution in [0.15, 0.2) is 12.2 Å². The molecule has 1 amide bonds. The van der Waals surface area contributed by atoms with Crippen LogP contribution < -0.4 is 16.4 Å². The summed E-state index contributed by atoms with van der Waals surface area (Å²) >= 11 is 1.27. The number of amides is 1. The average Bonchev–Trinajstić information content (AvgIpc) is 2.99. The zero-order valence-electron chi connectivity index (χ0n) is 10.8. The van der Waals surface area contributed by atoms with Crippen LogP contribution in [0.1, 0.15) is 22.5 Å². The van der Waals surface area contributed by atoms with E-state index in [0.29, 0.717) is 23.2 Å². The first-order valence-electron chi connectivity index (χ1n) is 6.15. The summed E-state index contributed by atoms with van der Waals surface area (Å²) < 4.78 is 4.93. The molecular formula is C12H18N4O2S. The van der Waals surface area contributed by atoms with Crippen LogP contribution in [0.3, 0.4) is 0 Å². The van der Waals surface area contributed by atoms with E-state index in [1.54, 1.807) is 7.11 Å². The molecule has 1 heterocycles. The van der Waals surface area contributed by atoms with Crippen molar-refractivity contribution in [2.75, 3.05) is 31.3 Å². The molecule has 1 aliphatic rings. The number of carbonyl (C=O) groups is 1. The Morgan fingerprint density at radius 2 is 2.32 bits per heavy atom. The SMILES string of the molecule is COCCNc1nc(N)c(C(=O)NC2CC=CC2)s1. The third-order valence-electron chi connectivity index (χ3n) is 2.79. The maximum absolute atomic E-state index is 12.1. The molecule has 104 valence electrons. The van der Waals surface area contributed by atoms with Gasteiger partial charge in [-0.1, -0.05) is 23.5 Å². The van der Waals surface area contributed by atoms with Gasteiger partial charge in [0.1, 0.15) is 10.7 Å². The minimum atomic E-state index is -0.150. The summed E-state index contributed by atoms with van der Waals surface area (Å²) in [5.74, 6) is 0.122. The molecule has 1 aliphatic carbocycles. The number of nitrogens with zero attached hydrogens (tertiary/aromatic N) is 1. The molecule has 7 heteroatoms. The maximum atomic E-state index is 12.1. The van der Waals surface area contributed by atoms with Crippen LogP contribution >= 0.6 is 11.3 Å². The lowest BCUT2D eigenvalue weighted by molar-refractivity contribution is 0.0944. The van der Waals surface area contributed by atoms with E-state index in [-0.39, 0.29) is 17.8 Å². The smallest absolute Gasteiger partial charge is 0.265 e. The number of aromatic nitrogens is 1. The largest absolute Gasteiger partial charge is 0.383 e. The fourth-order valence-corrected chi connectivity index (χ4v) is 2.63. The van der Waals surface area contributed by atoms with E-state index in [2.05, 4.69) is 27.8 Å². The van der Waals surface area contributed by atoms with E-state index in [9.17, 15) is 4.79 Å². The van der Waals surface area contributed by atoms with Gasteiger partial charge in [-0.3, -0.25) is 4.79 Å². The van der Waals surface area contributed by atoms with Gasteiger partial charge in [0.25, 0.3) is 5.91 Å². The molecule has 0 saturated heterocycles. The molecule has 1 aromatic rings. The van der Waals surface area contributed by atoms with Gasteiger partial charge in [0.2, 0.25) is 0 Å². The van der Waals surface area contributed by atoms with E-state index in [4.69, 9.17) is 10.5 Å². The van der Waals surface area contributed by atoms with Crippen molar-refractivity contribution < 1.29 is 9.53 Å². The molecule has 19 heavy (non-hydrogen) atoms. The highest BCUT2D eigenvalue weighted by Crippen LogP contribution is 2.25. The van der Waals surface area contributed by atoms with Crippen molar-refractivity contribution in [3.63, 3.8) is 0 Å². The van der Waals surface area contributed by atoms with Gasteiger partial charge < -0.3 is 21.1 Å². The molecular weight excluding hydrogens is 264 g/mol. The molecule has 0 bridgehead atoms. The van der Waals surface area contributed by atoms with Crippen LogP contribution in [0.4, 0.5) is 10.9 Å². The first-order chi connectivity index (χ1) is 9.20. The number of ether oxygens (including phenoxy) is 1. The van der Waals surface area contributed by atoms with Crippen LogP contribution in [-0.2, 0) is 4.74 Å². The molecule has 6 nitrogen and oxygen atoms in total. The zero-order valence-corrected chi connectivity index (χ0v) is 11.6. The molecule has 1 aromatic heterocycles. The molecule has 0 aliphatic heterocycles. The lowest BCUT2D eigenvalue weighted by atomic mass is 10.2. The van der Waals surface area contributed by atoms with Crippen LogP contribution in [-0.4, -0.2) is 37.2 Å². The minimum Gasteiger partial charge on any atom is -0.383 e. The topological polar surface area (TPSA) is 89.3 Å². The maximum Gasteiger partial charge on any atom is 0.265 e. The van der Waals surface area contributed by atoms with Gasteiger partial charge in [-0.05, 0) is 12.8 Å². The van der Waals surface area contributed by atoms with Crippen LogP contribution in [0.5, 0.6) is 0 Å². The third kappa shape index (κ3) is 3.68. The number of nitrogens with two attached hydrogens (primary N) is 1. The number of anilines is 2. The standard InChI is InChI=1S/C12H18N4O2S/c1-18-7-6-14-12-16-10(13)9(19-12)11(17)15-8-4-2-3-5-8/h2-3,8H,4-7,13H2,1H3,(H,14,16)(H,15,17). The zero-order chi connectivity index (χ0) is 13.7.